The van der Waals surface area contributed by atoms with Crippen LogP contribution in [0, 0.1) is 0 Å². The van der Waals surface area contributed by atoms with Crippen molar-refractivity contribution in [3.8, 4) is 0 Å². The summed E-state index contributed by atoms with van der Waals surface area (Å²) in [5.41, 5.74) is 2.91. The number of hydrogen-bond acceptors (Lipinski definition) is 4. The van der Waals surface area contributed by atoms with Crippen LogP contribution in [0.3, 0.4) is 0 Å². The predicted molar refractivity (Wildman–Crippen MR) is 117 cm³/mol. The molecular weight excluding hydrogens is 374 g/mol. The van der Waals surface area contributed by atoms with Crippen molar-refractivity contribution in [3.05, 3.63) is 66.0 Å². The van der Waals surface area contributed by atoms with E-state index in [9.17, 15) is 4.79 Å². The average Bonchev–Trinajstić information content (AvgIpc) is 3.14. The van der Waals surface area contributed by atoms with Gasteiger partial charge in [0.05, 0.1) is 17.1 Å². The molecule has 2 aromatic carbocycles. The SMILES string of the molecule is CSCCC(NC(=O)/C=C/c1ccc(SC)cc1)c1nc2ccccc2[nH]1. The maximum Gasteiger partial charge on any atom is 0.244 e. The molecule has 1 atom stereocenters. The number of nitrogens with one attached hydrogen (secondary N) is 2. The number of aromatic amines is 1. The summed E-state index contributed by atoms with van der Waals surface area (Å²) in [5, 5.41) is 3.08. The Kier molecular flexibility index (Phi) is 7.01. The zero-order valence-corrected chi connectivity index (χ0v) is 17.1. The number of benzene rings is 2. The van der Waals surface area contributed by atoms with Gasteiger partial charge in [0.25, 0.3) is 0 Å². The Morgan fingerprint density at radius 3 is 2.67 bits per heavy atom. The number of amides is 1. The second-order valence-electron chi connectivity index (χ2n) is 6.09. The maximum atomic E-state index is 12.5. The zero-order valence-electron chi connectivity index (χ0n) is 15.4. The molecule has 4 nitrogen and oxygen atoms in total. The fourth-order valence-corrected chi connectivity index (χ4v) is 3.64. The molecule has 0 spiro atoms. The molecule has 0 radical (unpaired) electrons. The molecule has 1 unspecified atom stereocenters. The van der Waals surface area contributed by atoms with E-state index >= 15 is 0 Å². The van der Waals surface area contributed by atoms with Crippen LogP contribution in [0.5, 0.6) is 0 Å². The van der Waals surface area contributed by atoms with Gasteiger partial charge in [0, 0.05) is 11.0 Å². The van der Waals surface area contributed by atoms with Gasteiger partial charge in [-0.1, -0.05) is 24.3 Å². The fraction of sp³-hybridized carbons (Fsp3) is 0.238. The molecule has 0 bridgehead atoms. The third-order valence-corrected chi connectivity index (χ3v) is 5.60. The molecule has 3 aromatic rings. The molecular formula is C21H23N3OS2. The average molecular weight is 398 g/mol. The Labute approximate surface area is 168 Å². The molecule has 6 heteroatoms. The third kappa shape index (κ3) is 5.40. The number of rotatable bonds is 8. The van der Waals surface area contributed by atoms with Crippen LogP contribution in [-0.2, 0) is 4.79 Å². The first-order valence-corrected chi connectivity index (χ1v) is 11.4. The molecule has 0 aliphatic rings. The molecule has 0 fully saturated rings. The number of fused-ring (bicyclic) bond motifs is 1. The summed E-state index contributed by atoms with van der Waals surface area (Å²) in [6.07, 6.45) is 8.36. The van der Waals surface area contributed by atoms with Gasteiger partial charge in [-0.05, 0) is 60.6 Å². The van der Waals surface area contributed by atoms with Gasteiger partial charge in [-0.15, -0.1) is 11.8 Å². The molecule has 1 amide bonds. The minimum atomic E-state index is -0.138. The highest BCUT2D eigenvalue weighted by Crippen LogP contribution is 2.20. The fourth-order valence-electron chi connectivity index (χ4n) is 2.76. The van der Waals surface area contributed by atoms with E-state index in [1.165, 1.54) is 4.90 Å². The van der Waals surface area contributed by atoms with Crippen molar-refractivity contribution >= 4 is 46.5 Å². The molecule has 140 valence electrons. The summed E-state index contributed by atoms with van der Waals surface area (Å²) in [6, 6.07) is 15.9. The topological polar surface area (TPSA) is 57.8 Å². The molecule has 1 aromatic heterocycles. The number of aromatic nitrogens is 2. The predicted octanol–water partition coefficient (Wildman–Crippen LogP) is 4.91. The summed E-state index contributed by atoms with van der Waals surface area (Å²) in [7, 11) is 0. The zero-order chi connectivity index (χ0) is 19.1. The van der Waals surface area contributed by atoms with E-state index in [0.717, 1.165) is 34.6 Å². The highest BCUT2D eigenvalue weighted by molar-refractivity contribution is 7.98. The lowest BCUT2D eigenvalue weighted by Crippen LogP contribution is -2.28. The van der Waals surface area contributed by atoms with Crippen LogP contribution in [0.4, 0.5) is 0 Å². The van der Waals surface area contributed by atoms with Gasteiger partial charge in [-0.2, -0.15) is 11.8 Å². The minimum absolute atomic E-state index is 0.115. The van der Waals surface area contributed by atoms with Gasteiger partial charge >= 0.3 is 0 Å². The Bertz CT molecular complexity index is 886. The Morgan fingerprint density at radius 1 is 1.19 bits per heavy atom. The van der Waals surface area contributed by atoms with Crippen LogP contribution in [0.1, 0.15) is 23.9 Å². The van der Waals surface area contributed by atoms with Gasteiger partial charge < -0.3 is 10.3 Å². The van der Waals surface area contributed by atoms with E-state index < -0.39 is 0 Å². The second-order valence-corrected chi connectivity index (χ2v) is 7.95. The second kappa shape index (κ2) is 9.67. The first kappa shape index (κ1) is 19.6. The summed E-state index contributed by atoms with van der Waals surface area (Å²) < 4.78 is 0. The minimum Gasteiger partial charge on any atom is -0.343 e. The van der Waals surface area contributed by atoms with E-state index in [4.69, 9.17) is 0 Å². The maximum absolute atomic E-state index is 12.5. The van der Waals surface area contributed by atoms with Gasteiger partial charge in [-0.25, -0.2) is 4.98 Å². The number of para-hydroxylation sites is 2. The number of nitrogens with zero attached hydrogens (tertiary/aromatic N) is 1. The highest BCUT2D eigenvalue weighted by Gasteiger charge is 2.17. The number of hydrogen-bond donors (Lipinski definition) is 2. The quantitative estimate of drug-likeness (QED) is 0.419. The number of carbonyl (C=O) groups excluding carboxylic acids is 1. The molecule has 1 heterocycles. The molecule has 3 rings (SSSR count). The van der Waals surface area contributed by atoms with Crippen molar-refractivity contribution in [2.75, 3.05) is 18.3 Å². The first-order valence-electron chi connectivity index (χ1n) is 8.76. The standard InChI is InChI=1S/C21H23N3OS2/c1-26-14-13-19(21-23-17-5-3-4-6-18(17)24-21)22-20(25)12-9-15-7-10-16(27-2)11-8-15/h3-12,19H,13-14H2,1-2H3,(H,22,25)(H,23,24)/b12-9+. The summed E-state index contributed by atoms with van der Waals surface area (Å²) in [6.45, 7) is 0. The summed E-state index contributed by atoms with van der Waals surface area (Å²) >= 11 is 3.46. The van der Waals surface area contributed by atoms with Gasteiger partial charge in [-0.3, -0.25) is 4.79 Å². The van der Waals surface area contributed by atoms with Gasteiger partial charge in [0.2, 0.25) is 5.91 Å². The van der Waals surface area contributed by atoms with E-state index in [0.29, 0.717) is 0 Å². The van der Waals surface area contributed by atoms with Crippen molar-refractivity contribution in [1.82, 2.24) is 15.3 Å². The van der Waals surface area contributed by atoms with E-state index in [2.05, 4.69) is 33.7 Å². The van der Waals surface area contributed by atoms with E-state index in [1.807, 2.05) is 48.7 Å². The lowest BCUT2D eigenvalue weighted by atomic mass is 10.2. The number of H-pyrrole nitrogens is 1. The van der Waals surface area contributed by atoms with E-state index in [-0.39, 0.29) is 11.9 Å². The molecule has 2 N–H and O–H groups in total. The largest absolute Gasteiger partial charge is 0.343 e. The number of carbonyl (C=O) groups is 1. The Balaban J connectivity index is 1.71. The normalized spacial score (nSPS) is 12.5. The highest BCUT2D eigenvalue weighted by atomic mass is 32.2. The van der Waals surface area contributed by atoms with E-state index in [1.54, 1.807) is 29.6 Å². The molecule has 0 aliphatic heterocycles. The van der Waals surface area contributed by atoms with Crippen molar-refractivity contribution in [3.63, 3.8) is 0 Å². The van der Waals surface area contributed by atoms with Crippen LogP contribution < -0.4 is 5.32 Å². The van der Waals surface area contributed by atoms with Crippen molar-refractivity contribution < 1.29 is 4.79 Å². The Hall–Kier alpha value is -2.18. The lowest BCUT2D eigenvalue weighted by molar-refractivity contribution is -0.117. The number of imidazole rings is 1. The van der Waals surface area contributed by atoms with Crippen LogP contribution in [0.2, 0.25) is 0 Å². The smallest absolute Gasteiger partial charge is 0.244 e. The van der Waals surface area contributed by atoms with Crippen LogP contribution in [-0.4, -0.2) is 34.1 Å². The molecule has 0 saturated heterocycles. The molecule has 0 aliphatic carbocycles. The molecule has 27 heavy (non-hydrogen) atoms. The van der Waals surface area contributed by atoms with Crippen molar-refractivity contribution in [2.45, 2.75) is 17.4 Å². The van der Waals surface area contributed by atoms with Crippen LogP contribution >= 0.6 is 23.5 Å². The Morgan fingerprint density at radius 2 is 1.96 bits per heavy atom. The van der Waals surface area contributed by atoms with Crippen molar-refractivity contribution in [1.29, 1.82) is 0 Å². The lowest BCUT2D eigenvalue weighted by Gasteiger charge is -2.15. The van der Waals surface area contributed by atoms with Crippen LogP contribution in [0.25, 0.3) is 17.1 Å². The van der Waals surface area contributed by atoms with Gasteiger partial charge in [0.15, 0.2) is 0 Å². The van der Waals surface area contributed by atoms with Gasteiger partial charge in [0.1, 0.15) is 5.82 Å². The van der Waals surface area contributed by atoms with Crippen molar-refractivity contribution in [2.24, 2.45) is 0 Å². The monoisotopic (exact) mass is 397 g/mol. The first-order chi connectivity index (χ1) is 13.2. The van der Waals surface area contributed by atoms with Crippen LogP contribution in [0.15, 0.2) is 59.5 Å². The molecule has 0 saturated carbocycles. The summed E-state index contributed by atoms with van der Waals surface area (Å²) in [5.74, 6) is 1.63. The third-order valence-electron chi connectivity index (χ3n) is 4.21. The summed E-state index contributed by atoms with van der Waals surface area (Å²) in [4.78, 5) is 21.6. The number of thioether (sulfide) groups is 2.